The van der Waals surface area contributed by atoms with Crippen molar-refractivity contribution in [2.75, 3.05) is 11.4 Å². The average Bonchev–Trinajstić information content (AvgIpc) is 3.13. The second-order valence-electron chi connectivity index (χ2n) is 6.94. The molecule has 2 unspecified atom stereocenters. The third-order valence-corrected chi connectivity index (χ3v) is 4.88. The summed E-state index contributed by atoms with van der Waals surface area (Å²) in [6.45, 7) is 3.89. The van der Waals surface area contributed by atoms with Gasteiger partial charge in [0.2, 0.25) is 5.91 Å². The number of hydrogen-bond acceptors (Lipinski definition) is 4. The molecular formula is C22H22N2O4. The van der Waals surface area contributed by atoms with Crippen LogP contribution in [0.2, 0.25) is 0 Å². The number of para-hydroxylation sites is 3. The van der Waals surface area contributed by atoms with E-state index in [4.69, 9.17) is 9.15 Å². The Morgan fingerprint density at radius 3 is 2.75 bits per heavy atom. The first-order valence-electron chi connectivity index (χ1n) is 9.38. The number of hydrogen-bond donors (Lipinski definition) is 1. The number of nitrogens with one attached hydrogen (secondary N) is 1. The molecule has 0 bridgehead atoms. The molecular weight excluding hydrogens is 356 g/mol. The topological polar surface area (TPSA) is 71.8 Å². The second-order valence-corrected chi connectivity index (χ2v) is 6.94. The van der Waals surface area contributed by atoms with E-state index in [1.54, 1.807) is 11.8 Å². The monoisotopic (exact) mass is 378 g/mol. The Hall–Kier alpha value is -3.28. The van der Waals surface area contributed by atoms with Crippen LogP contribution in [0.3, 0.4) is 0 Å². The quantitative estimate of drug-likeness (QED) is 0.733. The van der Waals surface area contributed by atoms with E-state index in [0.29, 0.717) is 23.7 Å². The molecule has 1 aromatic heterocycles. The van der Waals surface area contributed by atoms with Gasteiger partial charge in [-0.15, -0.1) is 0 Å². The first-order valence-corrected chi connectivity index (χ1v) is 9.38. The molecule has 0 fully saturated rings. The van der Waals surface area contributed by atoms with E-state index in [-0.39, 0.29) is 24.3 Å². The lowest BCUT2D eigenvalue weighted by molar-refractivity contribution is -0.125. The number of rotatable bonds is 5. The van der Waals surface area contributed by atoms with Crippen molar-refractivity contribution in [2.24, 2.45) is 0 Å². The molecule has 0 saturated carbocycles. The summed E-state index contributed by atoms with van der Waals surface area (Å²) in [6, 6.07) is 16.8. The Balaban J connectivity index is 1.41. The molecule has 0 aliphatic carbocycles. The Morgan fingerprint density at radius 1 is 1.18 bits per heavy atom. The van der Waals surface area contributed by atoms with E-state index in [1.807, 2.05) is 61.5 Å². The fourth-order valence-corrected chi connectivity index (χ4v) is 3.40. The van der Waals surface area contributed by atoms with Crippen LogP contribution < -0.4 is 15.0 Å². The molecule has 1 aliphatic rings. The van der Waals surface area contributed by atoms with Crippen molar-refractivity contribution in [1.29, 1.82) is 0 Å². The number of fused-ring (bicyclic) bond motifs is 2. The first-order chi connectivity index (χ1) is 13.5. The summed E-state index contributed by atoms with van der Waals surface area (Å²) >= 11 is 0. The molecule has 2 atom stereocenters. The highest BCUT2D eigenvalue weighted by atomic mass is 16.5. The van der Waals surface area contributed by atoms with E-state index >= 15 is 0 Å². The Kier molecular flexibility index (Phi) is 4.77. The maximum Gasteiger partial charge on any atom is 0.267 e. The maximum absolute atomic E-state index is 12.5. The Labute approximate surface area is 163 Å². The van der Waals surface area contributed by atoms with Crippen LogP contribution >= 0.6 is 0 Å². The largest absolute Gasteiger partial charge is 0.479 e. The lowest BCUT2D eigenvalue weighted by Crippen LogP contribution is -2.45. The highest BCUT2D eigenvalue weighted by Gasteiger charge is 2.31. The maximum atomic E-state index is 12.5. The van der Waals surface area contributed by atoms with Gasteiger partial charge < -0.3 is 19.4 Å². The SMILES string of the molecule is CC1Oc2ccccc2N(CCC(=O)NC(C)c2cc3ccccc3o2)C1=O. The normalized spacial score (nSPS) is 17.1. The molecule has 144 valence electrons. The van der Waals surface area contributed by atoms with Gasteiger partial charge >= 0.3 is 0 Å². The van der Waals surface area contributed by atoms with Gasteiger partial charge in [-0.1, -0.05) is 30.3 Å². The summed E-state index contributed by atoms with van der Waals surface area (Å²) in [4.78, 5) is 26.6. The minimum Gasteiger partial charge on any atom is -0.479 e. The van der Waals surface area contributed by atoms with Crippen molar-refractivity contribution in [3.8, 4) is 5.75 Å². The number of ether oxygens (including phenoxy) is 1. The van der Waals surface area contributed by atoms with Crippen LogP contribution in [0.15, 0.2) is 59.0 Å². The molecule has 28 heavy (non-hydrogen) atoms. The van der Waals surface area contributed by atoms with Crippen molar-refractivity contribution in [1.82, 2.24) is 5.32 Å². The highest BCUT2D eigenvalue weighted by molar-refractivity contribution is 6.00. The zero-order chi connectivity index (χ0) is 19.7. The number of nitrogens with zero attached hydrogens (tertiary/aromatic N) is 1. The van der Waals surface area contributed by atoms with E-state index in [0.717, 1.165) is 11.0 Å². The molecule has 3 aromatic rings. The predicted molar refractivity (Wildman–Crippen MR) is 106 cm³/mol. The third kappa shape index (κ3) is 3.45. The van der Waals surface area contributed by atoms with Crippen molar-refractivity contribution in [3.63, 3.8) is 0 Å². The van der Waals surface area contributed by atoms with Gasteiger partial charge in [-0.25, -0.2) is 0 Å². The van der Waals surface area contributed by atoms with Gasteiger partial charge in [-0.05, 0) is 38.1 Å². The van der Waals surface area contributed by atoms with Gasteiger partial charge in [0, 0.05) is 18.4 Å². The molecule has 0 saturated heterocycles. The number of carbonyl (C=O) groups is 2. The third-order valence-electron chi connectivity index (χ3n) is 4.88. The lowest BCUT2D eigenvalue weighted by atomic mass is 10.1. The molecule has 0 spiro atoms. The van der Waals surface area contributed by atoms with Crippen LogP contribution in [-0.4, -0.2) is 24.5 Å². The van der Waals surface area contributed by atoms with E-state index in [9.17, 15) is 9.59 Å². The summed E-state index contributed by atoms with van der Waals surface area (Å²) in [7, 11) is 0. The first kappa shape index (κ1) is 18.1. The molecule has 1 aliphatic heterocycles. The zero-order valence-corrected chi connectivity index (χ0v) is 15.8. The lowest BCUT2D eigenvalue weighted by Gasteiger charge is -2.32. The minimum absolute atomic E-state index is 0.141. The highest BCUT2D eigenvalue weighted by Crippen LogP contribution is 2.33. The summed E-state index contributed by atoms with van der Waals surface area (Å²) in [5, 5.41) is 3.95. The molecule has 0 radical (unpaired) electrons. The van der Waals surface area contributed by atoms with Crippen LogP contribution in [0.5, 0.6) is 5.75 Å². The van der Waals surface area contributed by atoms with Gasteiger partial charge in [0.25, 0.3) is 5.91 Å². The number of benzene rings is 2. The van der Waals surface area contributed by atoms with Crippen LogP contribution in [0.25, 0.3) is 11.0 Å². The fourth-order valence-electron chi connectivity index (χ4n) is 3.40. The number of amides is 2. The van der Waals surface area contributed by atoms with Crippen LogP contribution in [-0.2, 0) is 9.59 Å². The predicted octanol–water partition coefficient (Wildman–Crippen LogP) is 3.81. The Morgan fingerprint density at radius 2 is 1.93 bits per heavy atom. The van der Waals surface area contributed by atoms with Crippen molar-refractivity contribution in [2.45, 2.75) is 32.4 Å². The second kappa shape index (κ2) is 7.38. The molecule has 2 aromatic carbocycles. The fraction of sp³-hybridized carbons (Fsp3) is 0.273. The van der Waals surface area contributed by atoms with Gasteiger partial charge in [0.05, 0.1) is 11.7 Å². The minimum atomic E-state index is -0.563. The van der Waals surface area contributed by atoms with Crippen molar-refractivity contribution < 1.29 is 18.7 Å². The van der Waals surface area contributed by atoms with Gasteiger partial charge in [0.1, 0.15) is 17.1 Å². The molecule has 2 heterocycles. The van der Waals surface area contributed by atoms with Crippen LogP contribution in [0.4, 0.5) is 5.69 Å². The van der Waals surface area contributed by atoms with Gasteiger partial charge in [-0.3, -0.25) is 9.59 Å². The standard InChI is InChI=1S/C22H22N2O4/c1-14(20-13-16-7-3-5-9-18(16)28-20)23-21(25)11-12-24-17-8-4-6-10-19(17)27-15(2)22(24)26/h3-10,13-15H,11-12H2,1-2H3,(H,23,25). The summed E-state index contributed by atoms with van der Waals surface area (Å²) in [6.07, 6.45) is -0.371. The molecule has 4 rings (SSSR count). The average molecular weight is 378 g/mol. The van der Waals surface area contributed by atoms with Crippen molar-refractivity contribution in [3.05, 3.63) is 60.4 Å². The Bertz CT molecular complexity index is 993. The van der Waals surface area contributed by atoms with E-state index < -0.39 is 6.10 Å². The molecule has 2 amide bonds. The summed E-state index contributed by atoms with van der Waals surface area (Å²) in [5.41, 5.74) is 1.49. The summed E-state index contributed by atoms with van der Waals surface area (Å²) < 4.78 is 11.4. The van der Waals surface area contributed by atoms with Crippen LogP contribution in [0, 0.1) is 0 Å². The van der Waals surface area contributed by atoms with Crippen LogP contribution in [0.1, 0.15) is 32.1 Å². The zero-order valence-electron chi connectivity index (χ0n) is 15.8. The molecule has 1 N–H and O–H groups in total. The number of furan rings is 1. The van der Waals surface area contributed by atoms with Gasteiger partial charge in [0.15, 0.2) is 6.10 Å². The van der Waals surface area contributed by atoms with Crippen molar-refractivity contribution >= 4 is 28.5 Å². The molecule has 6 nitrogen and oxygen atoms in total. The smallest absolute Gasteiger partial charge is 0.267 e. The van der Waals surface area contributed by atoms with Gasteiger partial charge in [-0.2, -0.15) is 0 Å². The molecule has 6 heteroatoms. The van der Waals surface area contributed by atoms with E-state index in [2.05, 4.69) is 5.32 Å². The number of carbonyl (C=O) groups excluding carboxylic acids is 2. The van der Waals surface area contributed by atoms with E-state index in [1.165, 1.54) is 0 Å². The number of anilines is 1. The summed E-state index contributed by atoms with van der Waals surface area (Å²) in [5.74, 6) is 1.08.